The van der Waals surface area contributed by atoms with Crippen molar-refractivity contribution < 1.29 is 9.94 Å². The molecule has 0 bridgehead atoms. The van der Waals surface area contributed by atoms with Crippen molar-refractivity contribution in [2.24, 2.45) is 0 Å². The third-order valence-electron chi connectivity index (χ3n) is 3.03. The summed E-state index contributed by atoms with van der Waals surface area (Å²) in [6.45, 7) is 1.90. The van der Waals surface area contributed by atoms with Gasteiger partial charge in [0.2, 0.25) is 5.69 Å². The summed E-state index contributed by atoms with van der Waals surface area (Å²) in [6, 6.07) is 2.04. The highest BCUT2D eigenvalue weighted by Crippen LogP contribution is 2.26. The molecule has 1 aliphatic carbocycles. The number of nitrogens with zero attached hydrogens (tertiary/aromatic N) is 2. The summed E-state index contributed by atoms with van der Waals surface area (Å²) in [7, 11) is 0. The molecule has 0 fully saturated rings. The molecule has 78 valence electrons. The van der Waals surface area contributed by atoms with Gasteiger partial charge in [0, 0.05) is 16.7 Å². The lowest BCUT2D eigenvalue weighted by Crippen LogP contribution is -2.40. The lowest BCUT2D eigenvalue weighted by Gasteiger charge is -2.14. The fourth-order valence-electron chi connectivity index (χ4n) is 2.19. The van der Waals surface area contributed by atoms with E-state index >= 15 is 0 Å². The SMILES string of the molecule is Cc1c(C#N)c(Cl)[n+](O)c2c1CCCC2. The normalized spacial score (nSPS) is 14.5. The summed E-state index contributed by atoms with van der Waals surface area (Å²) in [5.41, 5.74) is 3.26. The van der Waals surface area contributed by atoms with Gasteiger partial charge in [0.05, 0.1) is 0 Å². The monoisotopic (exact) mass is 223 g/mol. The van der Waals surface area contributed by atoms with E-state index in [2.05, 4.69) is 0 Å². The van der Waals surface area contributed by atoms with Crippen LogP contribution in [0.15, 0.2) is 0 Å². The molecule has 1 aromatic rings. The molecule has 0 aliphatic heterocycles. The van der Waals surface area contributed by atoms with Crippen molar-refractivity contribution >= 4 is 11.6 Å². The van der Waals surface area contributed by atoms with Gasteiger partial charge in [-0.25, -0.2) is 0 Å². The first kappa shape index (κ1) is 10.3. The van der Waals surface area contributed by atoms with Gasteiger partial charge in [-0.15, -0.1) is 0 Å². The maximum Gasteiger partial charge on any atom is 0.343 e. The summed E-state index contributed by atoms with van der Waals surface area (Å²) >= 11 is 5.93. The van der Waals surface area contributed by atoms with Crippen LogP contribution in [-0.4, -0.2) is 5.21 Å². The van der Waals surface area contributed by atoms with Crippen molar-refractivity contribution in [2.75, 3.05) is 0 Å². The molecule has 0 saturated heterocycles. The van der Waals surface area contributed by atoms with Crippen LogP contribution in [0.3, 0.4) is 0 Å². The van der Waals surface area contributed by atoms with E-state index in [4.69, 9.17) is 16.9 Å². The summed E-state index contributed by atoms with van der Waals surface area (Å²) < 4.78 is 0.974. The van der Waals surface area contributed by atoms with Crippen LogP contribution in [0, 0.1) is 18.3 Å². The molecule has 0 aromatic carbocycles. The highest BCUT2D eigenvalue weighted by atomic mass is 35.5. The molecule has 4 heteroatoms. The molecule has 0 spiro atoms. The topological polar surface area (TPSA) is 47.9 Å². The molecule has 3 nitrogen and oxygen atoms in total. The molecule has 1 N–H and O–H groups in total. The van der Waals surface area contributed by atoms with Crippen LogP contribution in [0.4, 0.5) is 0 Å². The Bertz CT molecular complexity index is 459. The Morgan fingerprint density at radius 2 is 2.07 bits per heavy atom. The van der Waals surface area contributed by atoms with Gasteiger partial charge in [-0.1, -0.05) is 0 Å². The van der Waals surface area contributed by atoms with Gasteiger partial charge in [-0.3, -0.25) is 5.21 Å². The van der Waals surface area contributed by atoms with E-state index in [9.17, 15) is 5.21 Å². The zero-order chi connectivity index (χ0) is 11.0. The number of hydrogen-bond donors (Lipinski definition) is 1. The summed E-state index contributed by atoms with van der Waals surface area (Å²) in [6.07, 6.45) is 3.93. The average molecular weight is 224 g/mol. The van der Waals surface area contributed by atoms with Gasteiger partial charge in [0.15, 0.2) is 0 Å². The van der Waals surface area contributed by atoms with Gasteiger partial charge < -0.3 is 0 Å². The van der Waals surface area contributed by atoms with Crippen LogP contribution in [0.5, 0.6) is 0 Å². The molecule has 0 atom stereocenters. The highest BCUT2D eigenvalue weighted by Gasteiger charge is 2.29. The van der Waals surface area contributed by atoms with Gasteiger partial charge in [0.1, 0.15) is 11.6 Å². The Kier molecular flexibility index (Phi) is 2.54. The third kappa shape index (κ3) is 1.46. The number of rotatable bonds is 0. The molecule has 1 aromatic heterocycles. The highest BCUT2D eigenvalue weighted by molar-refractivity contribution is 6.29. The Morgan fingerprint density at radius 3 is 2.73 bits per heavy atom. The van der Waals surface area contributed by atoms with Gasteiger partial charge in [-0.2, -0.15) is 5.26 Å². The van der Waals surface area contributed by atoms with Crippen LogP contribution in [0.1, 0.15) is 35.2 Å². The predicted octanol–water partition coefficient (Wildman–Crippen LogP) is 1.92. The second-order valence-electron chi connectivity index (χ2n) is 3.85. The smallest absolute Gasteiger partial charge is 0.283 e. The quantitative estimate of drug-likeness (QED) is 0.415. The van der Waals surface area contributed by atoms with Crippen molar-refractivity contribution in [2.45, 2.75) is 32.6 Å². The van der Waals surface area contributed by atoms with Crippen molar-refractivity contribution in [3.8, 4) is 6.07 Å². The lowest BCUT2D eigenvalue weighted by atomic mass is 9.91. The molecule has 15 heavy (non-hydrogen) atoms. The van der Waals surface area contributed by atoms with Crippen molar-refractivity contribution in [3.05, 3.63) is 27.5 Å². The number of fused-ring (bicyclic) bond motifs is 1. The van der Waals surface area contributed by atoms with Crippen LogP contribution < -0.4 is 4.73 Å². The third-order valence-corrected chi connectivity index (χ3v) is 3.38. The van der Waals surface area contributed by atoms with Crippen molar-refractivity contribution in [1.29, 1.82) is 5.26 Å². The predicted molar refractivity (Wildman–Crippen MR) is 54.9 cm³/mol. The van der Waals surface area contributed by atoms with E-state index in [1.165, 1.54) is 0 Å². The minimum Gasteiger partial charge on any atom is -0.283 e. The van der Waals surface area contributed by atoms with Crippen molar-refractivity contribution in [1.82, 2.24) is 0 Å². The van der Waals surface area contributed by atoms with E-state index in [1.54, 1.807) is 0 Å². The van der Waals surface area contributed by atoms with Crippen LogP contribution in [0.2, 0.25) is 5.15 Å². The number of nitriles is 1. The van der Waals surface area contributed by atoms with Gasteiger partial charge in [0.25, 0.3) is 0 Å². The number of halogens is 1. The molecule has 2 rings (SSSR count). The maximum absolute atomic E-state index is 9.81. The van der Waals surface area contributed by atoms with E-state index in [0.29, 0.717) is 5.56 Å². The molecule has 0 radical (unpaired) electrons. The molecule has 0 unspecified atom stereocenters. The Hall–Kier alpha value is -1.27. The first-order valence-corrected chi connectivity index (χ1v) is 5.39. The summed E-state index contributed by atoms with van der Waals surface area (Å²) in [5.74, 6) is 0. The Morgan fingerprint density at radius 1 is 1.40 bits per heavy atom. The number of aromatic nitrogens is 1. The van der Waals surface area contributed by atoms with E-state index in [1.807, 2.05) is 13.0 Å². The molecule has 1 heterocycles. The lowest BCUT2D eigenvalue weighted by molar-refractivity contribution is -0.908. The number of hydrogen-bond acceptors (Lipinski definition) is 2. The van der Waals surface area contributed by atoms with Gasteiger partial charge in [-0.05, 0) is 43.4 Å². The fraction of sp³-hybridized carbons (Fsp3) is 0.455. The number of pyridine rings is 1. The second kappa shape index (κ2) is 3.71. The van der Waals surface area contributed by atoms with Crippen LogP contribution in [0.25, 0.3) is 0 Å². The summed E-state index contributed by atoms with van der Waals surface area (Å²) in [5, 5.41) is 18.9. The maximum atomic E-state index is 9.81. The van der Waals surface area contributed by atoms with Crippen molar-refractivity contribution in [3.63, 3.8) is 0 Å². The zero-order valence-electron chi connectivity index (χ0n) is 8.55. The van der Waals surface area contributed by atoms with Gasteiger partial charge >= 0.3 is 5.15 Å². The zero-order valence-corrected chi connectivity index (χ0v) is 9.30. The van der Waals surface area contributed by atoms with E-state index in [0.717, 1.165) is 47.2 Å². The largest absolute Gasteiger partial charge is 0.343 e. The Balaban J connectivity index is 2.76. The van der Waals surface area contributed by atoms with Crippen LogP contribution >= 0.6 is 11.6 Å². The molecular formula is C11H12ClN2O+. The molecular weight excluding hydrogens is 212 g/mol. The second-order valence-corrected chi connectivity index (χ2v) is 4.20. The van der Waals surface area contributed by atoms with E-state index in [-0.39, 0.29) is 5.15 Å². The first-order chi connectivity index (χ1) is 7.16. The average Bonchev–Trinajstić information content (AvgIpc) is 2.27. The minimum absolute atomic E-state index is 0.135. The standard InChI is InChI=1S/C11H12ClN2O/c1-7-8-4-2-3-5-10(8)14(15)11(12)9(7)6-13/h15H,2-5H2,1H3/q+1. The van der Waals surface area contributed by atoms with E-state index < -0.39 is 0 Å². The summed E-state index contributed by atoms with van der Waals surface area (Å²) in [4.78, 5) is 0. The fourth-order valence-corrected chi connectivity index (χ4v) is 2.47. The van der Waals surface area contributed by atoms with Crippen LogP contribution in [-0.2, 0) is 12.8 Å². The minimum atomic E-state index is 0.135. The molecule has 1 aliphatic rings. The Labute approximate surface area is 93.5 Å². The first-order valence-electron chi connectivity index (χ1n) is 5.02. The molecule has 0 saturated carbocycles. The molecule has 0 amide bonds.